The molecule has 1 saturated heterocycles. The van der Waals surface area contributed by atoms with E-state index in [1.54, 1.807) is 19.4 Å². The molecular weight excluding hydrogens is 360 g/mol. The zero-order chi connectivity index (χ0) is 20.3. The fourth-order valence-electron chi connectivity index (χ4n) is 3.30. The van der Waals surface area contributed by atoms with Crippen molar-refractivity contribution in [3.63, 3.8) is 0 Å². The van der Waals surface area contributed by atoms with Gasteiger partial charge < -0.3 is 19.9 Å². The van der Waals surface area contributed by atoms with Crippen molar-refractivity contribution in [2.75, 3.05) is 26.7 Å². The molecule has 0 aliphatic carbocycles. The van der Waals surface area contributed by atoms with Gasteiger partial charge in [-0.3, -0.25) is 9.88 Å². The SMILES string of the molecule is COc1ccc2nccc(CCN3C[C@@H](O)[C@@H](NC(=O)OC(C)(C)C)C3)c2n1. The average molecular weight is 388 g/mol. The Labute approximate surface area is 164 Å². The molecule has 3 rings (SSSR count). The molecule has 0 saturated carbocycles. The molecule has 2 aromatic heterocycles. The third kappa shape index (κ3) is 5.08. The van der Waals surface area contributed by atoms with Crippen LogP contribution in [-0.4, -0.2) is 70.6 Å². The molecule has 152 valence electrons. The van der Waals surface area contributed by atoms with Crippen LogP contribution in [-0.2, 0) is 11.2 Å². The molecule has 1 aliphatic heterocycles. The number of amides is 1. The minimum absolute atomic E-state index is 0.345. The largest absolute Gasteiger partial charge is 0.481 e. The van der Waals surface area contributed by atoms with E-state index in [4.69, 9.17) is 9.47 Å². The molecule has 8 heteroatoms. The van der Waals surface area contributed by atoms with Gasteiger partial charge in [-0.2, -0.15) is 0 Å². The van der Waals surface area contributed by atoms with Gasteiger partial charge in [-0.1, -0.05) is 0 Å². The molecule has 2 N–H and O–H groups in total. The van der Waals surface area contributed by atoms with Gasteiger partial charge in [-0.15, -0.1) is 0 Å². The first-order valence-electron chi connectivity index (χ1n) is 9.44. The highest BCUT2D eigenvalue weighted by molar-refractivity contribution is 5.78. The molecule has 0 bridgehead atoms. The molecule has 0 radical (unpaired) electrons. The zero-order valence-electron chi connectivity index (χ0n) is 16.8. The first kappa shape index (κ1) is 20.3. The van der Waals surface area contributed by atoms with Crippen LogP contribution in [0.15, 0.2) is 24.4 Å². The lowest BCUT2D eigenvalue weighted by Gasteiger charge is -2.22. The van der Waals surface area contributed by atoms with Crippen LogP contribution in [0.2, 0.25) is 0 Å². The number of pyridine rings is 2. The Hall–Kier alpha value is -2.45. The predicted molar refractivity (Wildman–Crippen MR) is 105 cm³/mol. The van der Waals surface area contributed by atoms with Crippen molar-refractivity contribution in [3.05, 3.63) is 30.0 Å². The molecule has 28 heavy (non-hydrogen) atoms. The van der Waals surface area contributed by atoms with Gasteiger partial charge >= 0.3 is 6.09 Å². The van der Waals surface area contributed by atoms with Crippen LogP contribution in [0, 0.1) is 0 Å². The summed E-state index contributed by atoms with van der Waals surface area (Å²) in [5.74, 6) is 0.556. The molecule has 3 heterocycles. The van der Waals surface area contributed by atoms with Crippen LogP contribution in [0.25, 0.3) is 11.0 Å². The van der Waals surface area contributed by atoms with Crippen molar-refractivity contribution in [1.82, 2.24) is 20.2 Å². The van der Waals surface area contributed by atoms with E-state index in [-0.39, 0.29) is 6.04 Å². The number of aromatic nitrogens is 2. The number of alkyl carbamates (subject to hydrolysis) is 1. The van der Waals surface area contributed by atoms with Gasteiger partial charge in [-0.25, -0.2) is 9.78 Å². The molecule has 0 unspecified atom stereocenters. The standard InChI is InChI=1S/C20H28N4O4/c1-20(2,3)28-19(26)22-15-11-24(12-16(15)25)10-8-13-7-9-21-14-5-6-17(27-4)23-18(13)14/h5-7,9,15-16,25H,8,10-12H2,1-4H3,(H,22,26)/t15-,16+/m0/s1. The van der Waals surface area contributed by atoms with Gasteiger partial charge in [0.15, 0.2) is 0 Å². The van der Waals surface area contributed by atoms with Crippen LogP contribution in [0.5, 0.6) is 5.88 Å². The molecule has 8 nitrogen and oxygen atoms in total. The van der Waals surface area contributed by atoms with E-state index in [1.807, 2.05) is 32.9 Å². The fourth-order valence-corrected chi connectivity index (χ4v) is 3.30. The van der Waals surface area contributed by atoms with E-state index in [0.29, 0.717) is 19.0 Å². The van der Waals surface area contributed by atoms with Crippen LogP contribution in [0.3, 0.4) is 0 Å². The van der Waals surface area contributed by atoms with E-state index >= 15 is 0 Å². The second-order valence-electron chi connectivity index (χ2n) is 8.02. The number of β-amino-alcohol motifs (C(OH)–C–C–N with tert-alkyl or cyclic N) is 1. The van der Waals surface area contributed by atoms with Crippen molar-refractivity contribution in [3.8, 4) is 5.88 Å². The van der Waals surface area contributed by atoms with Crippen molar-refractivity contribution < 1.29 is 19.4 Å². The van der Waals surface area contributed by atoms with E-state index < -0.39 is 17.8 Å². The minimum atomic E-state index is -0.625. The predicted octanol–water partition coefficient (Wildman–Crippen LogP) is 1.75. The van der Waals surface area contributed by atoms with Gasteiger partial charge in [0, 0.05) is 31.9 Å². The number of carbonyl (C=O) groups excluding carboxylic acids is 1. The Bertz CT molecular complexity index is 837. The van der Waals surface area contributed by atoms with Crippen LogP contribution < -0.4 is 10.1 Å². The fraction of sp³-hybridized carbons (Fsp3) is 0.550. The lowest BCUT2D eigenvalue weighted by molar-refractivity contribution is 0.0461. The number of likely N-dealkylation sites (tertiary alicyclic amines) is 1. The Kier molecular flexibility index (Phi) is 6.00. The first-order chi connectivity index (χ1) is 13.2. The monoisotopic (exact) mass is 388 g/mol. The van der Waals surface area contributed by atoms with E-state index in [2.05, 4.69) is 20.2 Å². The molecule has 2 atom stereocenters. The van der Waals surface area contributed by atoms with Crippen molar-refractivity contribution in [2.24, 2.45) is 0 Å². The van der Waals surface area contributed by atoms with E-state index in [0.717, 1.165) is 29.6 Å². The smallest absolute Gasteiger partial charge is 0.408 e. The van der Waals surface area contributed by atoms with Crippen molar-refractivity contribution >= 4 is 17.1 Å². The Balaban J connectivity index is 1.60. The summed E-state index contributed by atoms with van der Waals surface area (Å²) in [5.41, 5.74) is 2.15. The lowest BCUT2D eigenvalue weighted by Crippen LogP contribution is -2.45. The third-order valence-corrected chi connectivity index (χ3v) is 4.62. The summed E-state index contributed by atoms with van der Waals surface area (Å²) in [6.07, 6.45) is 1.40. The van der Waals surface area contributed by atoms with Crippen molar-refractivity contribution in [2.45, 2.75) is 44.9 Å². The Morgan fingerprint density at radius 1 is 1.32 bits per heavy atom. The van der Waals surface area contributed by atoms with Gasteiger partial charge in [-0.05, 0) is 44.9 Å². The van der Waals surface area contributed by atoms with E-state index in [1.165, 1.54) is 0 Å². The van der Waals surface area contributed by atoms with Crippen molar-refractivity contribution in [1.29, 1.82) is 0 Å². The molecule has 2 aromatic rings. The normalized spacial score (nSPS) is 20.3. The highest BCUT2D eigenvalue weighted by Crippen LogP contribution is 2.20. The number of hydrogen-bond acceptors (Lipinski definition) is 7. The summed E-state index contributed by atoms with van der Waals surface area (Å²) in [6.45, 7) is 7.24. The summed E-state index contributed by atoms with van der Waals surface area (Å²) in [4.78, 5) is 23.0. The van der Waals surface area contributed by atoms with Gasteiger partial charge in [0.25, 0.3) is 0 Å². The van der Waals surface area contributed by atoms with Gasteiger partial charge in [0.1, 0.15) is 5.60 Å². The maximum absolute atomic E-state index is 12.0. The number of nitrogens with zero attached hydrogens (tertiary/aromatic N) is 3. The molecular formula is C20H28N4O4. The molecule has 0 spiro atoms. The van der Waals surface area contributed by atoms with Crippen LogP contribution in [0.1, 0.15) is 26.3 Å². The lowest BCUT2D eigenvalue weighted by atomic mass is 10.1. The zero-order valence-corrected chi connectivity index (χ0v) is 16.8. The molecule has 0 aromatic carbocycles. The first-order valence-corrected chi connectivity index (χ1v) is 9.44. The summed E-state index contributed by atoms with van der Waals surface area (Å²) in [6, 6.07) is 5.30. The van der Waals surface area contributed by atoms with Gasteiger partial charge in [0.2, 0.25) is 5.88 Å². The molecule has 1 aliphatic rings. The molecule has 1 amide bonds. The summed E-state index contributed by atoms with van der Waals surface area (Å²) < 4.78 is 10.5. The number of hydrogen-bond donors (Lipinski definition) is 2. The number of aliphatic hydroxyl groups excluding tert-OH is 1. The Morgan fingerprint density at radius 2 is 2.11 bits per heavy atom. The number of aliphatic hydroxyl groups is 1. The quantitative estimate of drug-likeness (QED) is 0.805. The Morgan fingerprint density at radius 3 is 2.82 bits per heavy atom. The maximum atomic E-state index is 12.0. The van der Waals surface area contributed by atoms with Gasteiger partial charge in [0.05, 0.1) is 30.3 Å². The minimum Gasteiger partial charge on any atom is -0.481 e. The number of methoxy groups -OCH3 is 1. The average Bonchev–Trinajstić information content (AvgIpc) is 2.97. The maximum Gasteiger partial charge on any atom is 0.408 e. The third-order valence-electron chi connectivity index (χ3n) is 4.62. The highest BCUT2D eigenvalue weighted by Gasteiger charge is 2.33. The second kappa shape index (κ2) is 8.28. The van der Waals surface area contributed by atoms with Crippen LogP contribution in [0.4, 0.5) is 4.79 Å². The number of carbonyl (C=O) groups is 1. The number of nitrogens with one attached hydrogen (secondary N) is 1. The summed E-state index contributed by atoms with van der Waals surface area (Å²) in [5, 5.41) is 13.1. The summed E-state index contributed by atoms with van der Waals surface area (Å²) in [7, 11) is 1.59. The van der Waals surface area contributed by atoms with E-state index in [9.17, 15) is 9.90 Å². The number of rotatable bonds is 5. The second-order valence-corrected chi connectivity index (χ2v) is 8.02. The highest BCUT2D eigenvalue weighted by atomic mass is 16.6. The van der Waals surface area contributed by atoms with Crippen LogP contribution >= 0.6 is 0 Å². The number of fused-ring (bicyclic) bond motifs is 1. The number of ether oxygens (including phenoxy) is 2. The molecule has 1 fully saturated rings. The summed E-state index contributed by atoms with van der Waals surface area (Å²) >= 11 is 0. The topological polar surface area (TPSA) is 96.8 Å².